The summed E-state index contributed by atoms with van der Waals surface area (Å²) < 4.78 is 33.9. The van der Waals surface area contributed by atoms with Crippen LogP contribution in [0.5, 0.6) is 0 Å². The monoisotopic (exact) mass is 330 g/mol. The van der Waals surface area contributed by atoms with Crippen molar-refractivity contribution in [2.24, 2.45) is 11.3 Å². The molecule has 0 aromatic heterocycles. The van der Waals surface area contributed by atoms with Crippen LogP contribution in [-0.4, -0.2) is 17.8 Å². The van der Waals surface area contributed by atoms with Gasteiger partial charge in [0.05, 0.1) is 0 Å². The maximum Gasteiger partial charge on any atom is 0.179 e. The average Bonchev–Trinajstić information content (AvgIpc) is 2.28. The molecule has 3 atom stereocenters. The SMILES string of the molecule is CC(F)(P)S(=N)c1cc(F)cc(CC2CC3(CNC3)C2)c1. The third-order valence-corrected chi connectivity index (χ3v) is 6.75. The fraction of sp³-hybridized carbons (Fsp3) is 0.600. The second-order valence-corrected chi connectivity index (χ2v) is 10.1. The van der Waals surface area contributed by atoms with Crippen LogP contribution in [0.4, 0.5) is 8.78 Å². The van der Waals surface area contributed by atoms with E-state index in [1.54, 1.807) is 0 Å². The zero-order chi connectivity index (χ0) is 15.3. The summed E-state index contributed by atoms with van der Waals surface area (Å²) in [5, 5.41) is 3.31. The highest BCUT2D eigenvalue weighted by molar-refractivity contribution is 7.91. The Bertz CT molecular complexity index is 574. The molecule has 2 fully saturated rings. The second-order valence-electron chi connectivity index (χ2n) is 6.67. The smallest absolute Gasteiger partial charge is 0.179 e. The Labute approximate surface area is 129 Å². The highest BCUT2D eigenvalue weighted by atomic mass is 32.2. The van der Waals surface area contributed by atoms with E-state index in [1.807, 2.05) is 15.3 Å². The van der Waals surface area contributed by atoms with Crippen LogP contribution < -0.4 is 5.32 Å². The summed E-state index contributed by atoms with van der Waals surface area (Å²) in [7, 11) is 0.662. The topological polar surface area (TPSA) is 35.9 Å². The van der Waals surface area contributed by atoms with Crippen LogP contribution in [0.3, 0.4) is 0 Å². The van der Waals surface area contributed by atoms with Crippen LogP contribution in [0, 0.1) is 21.9 Å². The van der Waals surface area contributed by atoms with E-state index in [4.69, 9.17) is 4.78 Å². The molecule has 1 aromatic rings. The fourth-order valence-corrected chi connectivity index (χ4v) is 4.87. The average molecular weight is 330 g/mol. The van der Waals surface area contributed by atoms with Gasteiger partial charge in [0.1, 0.15) is 5.82 Å². The molecule has 116 valence electrons. The Kier molecular flexibility index (Phi) is 3.96. The Morgan fingerprint density at radius 2 is 2.10 bits per heavy atom. The van der Waals surface area contributed by atoms with Crippen molar-refractivity contribution in [2.45, 2.75) is 35.8 Å². The van der Waals surface area contributed by atoms with E-state index >= 15 is 0 Å². The van der Waals surface area contributed by atoms with Gasteiger partial charge in [0, 0.05) is 18.0 Å². The van der Waals surface area contributed by atoms with Gasteiger partial charge in [-0.25, -0.2) is 8.78 Å². The van der Waals surface area contributed by atoms with Crippen molar-refractivity contribution in [2.75, 3.05) is 13.1 Å². The fourth-order valence-electron chi connectivity index (χ4n) is 3.50. The van der Waals surface area contributed by atoms with Crippen molar-refractivity contribution in [3.05, 3.63) is 29.6 Å². The van der Waals surface area contributed by atoms with Crippen LogP contribution in [0.15, 0.2) is 23.1 Å². The van der Waals surface area contributed by atoms with Crippen LogP contribution in [-0.2, 0) is 17.1 Å². The van der Waals surface area contributed by atoms with Crippen molar-refractivity contribution in [1.29, 1.82) is 4.78 Å². The highest BCUT2D eigenvalue weighted by Crippen LogP contribution is 2.49. The molecule has 2 nitrogen and oxygen atoms in total. The van der Waals surface area contributed by atoms with Gasteiger partial charge < -0.3 is 5.32 Å². The van der Waals surface area contributed by atoms with E-state index in [9.17, 15) is 8.78 Å². The quantitative estimate of drug-likeness (QED) is 0.813. The van der Waals surface area contributed by atoms with E-state index in [2.05, 4.69) is 5.32 Å². The van der Waals surface area contributed by atoms with E-state index in [0.717, 1.165) is 25.1 Å². The zero-order valence-electron chi connectivity index (χ0n) is 12.1. The van der Waals surface area contributed by atoms with Crippen molar-refractivity contribution in [1.82, 2.24) is 5.32 Å². The molecule has 3 unspecified atom stereocenters. The number of nitrogens with one attached hydrogen (secondary N) is 2. The van der Waals surface area contributed by atoms with Crippen LogP contribution in [0.2, 0.25) is 0 Å². The van der Waals surface area contributed by atoms with Gasteiger partial charge in [-0.15, -0.1) is 0 Å². The van der Waals surface area contributed by atoms with Crippen LogP contribution >= 0.6 is 9.24 Å². The number of rotatable bonds is 4. The molecule has 1 heterocycles. The van der Waals surface area contributed by atoms with Crippen molar-refractivity contribution in [3.63, 3.8) is 0 Å². The molecule has 1 spiro atoms. The standard InChI is InChI=1S/C15H21F2N2PS/c1-14(17,20)21(18)13-4-10(3-12(16)5-13)2-11-6-15(7-11)8-19-9-15/h3-5,11,18-19H,2,6-9,20H2,1H3. The Morgan fingerprint density at radius 3 is 2.62 bits per heavy atom. The summed E-state index contributed by atoms with van der Waals surface area (Å²) in [4.78, 5) is 0.448. The molecule has 1 aromatic carbocycles. The molecule has 21 heavy (non-hydrogen) atoms. The molecule has 1 aliphatic heterocycles. The first-order valence-corrected chi connectivity index (χ1v) is 9.01. The summed E-state index contributed by atoms with van der Waals surface area (Å²) in [5.41, 5.74) is 1.41. The Morgan fingerprint density at radius 1 is 1.43 bits per heavy atom. The van der Waals surface area contributed by atoms with Crippen LogP contribution in [0.1, 0.15) is 25.3 Å². The Hall–Kier alpha value is -0.380. The lowest BCUT2D eigenvalue weighted by atomic mass is 9.57. The number of hydrogen-bond acceptors (Lipinski definition) is 2. The number of benzene rings is 1. The van der Waals surface area contributed by atoms with Gasteiger partial charge in [0.15, 0.2) is 4.74 Å². The molecule has 6 heteroatoms. The van der Waals surface area contributed by atoms with Crippen molar-refractivity contribution >= 4 is 19.9 Å². The number of halogens is 2. The van der Waals surface area contributed by atoms with Crippen LogP contribution in [0.25, 0.3) is 0 Å². The highest BCUT2D eigenvalue weighted by Gasteiger charge is 2.47. The lowest BCUT2D eigenvalue weighted by Gasteiger charge is -2.54. The third kappa shape index (κ3) is 3.20. The number of hydrogen-bond donors (Lipinski definition) is 2. The van der Waals surface area contributed by atoms with E-state index in [-0.39, 0.29) is 5.82 Å². The molecular formula is C15H21F2N2PS. The van der Waals surface area contributed by atoms with Crippen molar-refractivity contribution < 1.29 is 8.78 Å². The molecule has 1 aliphatic carbocycles. The summed E-state index contributed by atoms with van der Waals surface area (Å²) in [6.07, 6.45) is 3.23. The molecular weight excluding hydrogens is 309 g/mol. The molecule has 3 rings (SSSR count). The molecule has 1 saturated carbocycles. The Balaban J connectivity index is 1.71. The minimum atomic E-state index is -1.72. The maximum atomic E-state index is 13.9. The molecule has 2 aliphatic rings. The van der Waals surface area contributed by atoms with Gasteiger partial charge in [-0.1, -0.05) is 9.24 Å². The van der Waals surface area contributed by atoms with Gasteiger partial charge in [0.2, 0.25) is 0 Å². The minimum absolute atomic E-state index is 0.360. The van der Waals surface area contributed by atoms with E-state index in [0.29, 0.717) is 16.2 Å². The largest absolute Gasteiger partial charge is 0.316 e. The summed E-state index contributed by atoms with van der Waals surface area (Å²) in [5.74, 6) is 0.239. The molecule has 0 bridgehead atoms. The first-order chi connectivity index (χ1) is 9.77. The zero-order valence-corrected chi connectivity index (χ0v) is 14.1. The van der Waals surface area contributed by atoms with Gasteiger partial charge in [-0.3, -0.25) is 4.78 Å². The number of alkyl halides is 1. The van der Waals surface area contributed by atoms with Gasteiger partial charge in [0.25, 0.3) is 0 Å². The summed E-state index contributed by atoms with van der Waals surface area (Å²) in [6, 6.07) is 4.63. The van der Waals surface area contributed by atoms with Gasteiger partial charge in [-0.2, -0.15) is 0 Å². The lowest BCUT2D eigenvalue weighted by molar-refractivity contribution is 0.000851. The molecule has 2 N–H and O–H groups in total. The summed E-state index contributed by atoms with van der Waals surface area (Å²) in [6.45, 7) is 3.57. The predicted octanol–water partition coefficient (Wildman–Crippen LogP) is 3.63. The maximum absolute atomic E-state index is 13.9. The van der Waals surface area contributed by atoms with Gasteiger partial charge >= 0.3 is 0 Å². The normalized spacial score (nSPS) is 25.0. The predicted molar refractivity (Wildman–Crippen MR) is 85.7 cm³/mol. The first kappa shape index (κ1) is 15.5. The summed E-state index contributed by atoms with van der Waals surface area (Å²) >= 11 is 0. The molecule has 0 amide bonds. The molecule has 1 saturated heterocycles. The lowest BCUT2D eigenvalue weighted by Crippen LogP contribution is -2.60. The van der Waals surface area contributed by atoms with Gasteiger partial charge in [-0.05, 0) is 72.0 Å². The van der Waals surface area contributed by atoms with E-state index in [1.165, 1.54) is 31.9 Å². The van der Waals surface area contributed by atoms with Crippen molar-refractivity contribution in [3.8, 4) is 0 Å². The first-order valence-electron chi connectivity index (χ1n) is 7.21. The minimum Gasteiger partial charge on any atom is -0.316 e. The third-order valence-electron chi connectivity index (χ3n) is 4.53. The second kappa shape index (κ2) is 5.36. The molecule has 0 radical (unpaired) electrons. The van der Waals surface area contributed by atoms with E-state index < -0.39 is 15.4 Å².